The summed E-state index contributed by atoms with van der Waals surface area (Å²) in [5.74, 6) is 0. The molecule has 0 aliphatic rings. The van der Waals surface area contributed by atoms with Crippen molar-refractivity contribution >= 4 is 28.1 Å². The molecule has 0 bridgehead atoms. The van der Waals surface area contributed by atoms with Gasteiger partial charge in [-0.05, 0) is 41.5 Å². The van der Waals surface area contributed by atoms with Crippen molar-refractivity contribution in [3.05, 3.63) is 106 Å². The van der Waals surface area contributed by atoms with Gasteiger partial charge in [0.15, 0.2) is 5.69 Å². The van der Waals surface area contributed by atoms with E-state index in [9.17, 15) is 5.26 Å². The summed E-state index contributed by atoms with van der Waals surface area (Å²) in [4.78, 5) is 0. The number of para-hydroxylation sites is 1. The third kappa shape index (κ3) is 3.66. The summed E-state index contributed by atoms with van der Waals surface area (Å²) >= 11 is 3.48. The van der Waals surface area contributed by atoms with E-state index in [-0.39, 0.29) is 0 Å². The van der Waals surface area contributed by atoms with Gasteiger partial charge in [-0.3, -0.25) is 0 Å². The maximum atomic E-state index is 9.93. The molecule has 28 heavy (non-hydrogen) atoms. The molecule has 3 nitrogen and oxygen atoms in total. The predicted molar refractivity (Wildman–Crippen MR) is 117 cm³/mol. The van der Waals surface area contributed by atoms with Gasteiger partial charge in [-0.1, -0.05) is 82.7 Å². The summed E-state index contributed by atoms with van der Waals surface area (Å²) in [5.41, 5.74) is 4.99. The molecular weight excluding hydrogens is 410 g/mol. The standard InChI is InChI=1S/C24H16BrN3/c25-20-14-12-19(13-15-20)24-22(16-11-18-7-3-1-4-8-18)27-28(23(24)17-26)21-9-5-2-6-10-21/h1-16H. The zero-order valence-electron chi connectivity index (χ0n) is 15.0. The van der Waals surface area contributed by atoms with Crippen molar-refractivity contribution in [3.63, 3.8) is 0 Å². The number of nitrogens with zero attached hydrogens (tertiary/aromatic N) is 3. The number of halogens is 1. The van der Waals surface area contributed by atoms with Gasteiger partial charge in [-0.2, -0.15) is 10.4 Å². The lowest BCUT2D eigenvalue weighted by molar-refractivity contribution is 0.862. The molecule has 134 valence electrons. The van der Waals surface area contributed by atoms with E-state index in [0.29, 0.717) is 5.69 Å². The first-order chi connectivity index (χ1) is 13.8. The van der Waals surface area contributed by atoms with Crippen LogP contribution >= 0.6 is 15.9 Å². The molecule has 4 heteroatoms. The lowest BCUT2D eigenvalue weighted by atomic mass is 10.0. The van der Waals surface area contributed by atoms with E-state index in [1.807, 2.05) is 97.1 Å². The van der Waals surface area contributed by atoms with Gasteiger partial charge in [0.05, 0.1) is 11.4 Å². The van der Waals surface area contributed by atoms with E-state index in [4.69, 9.17) is 5.10 Å². The molecule has 0 amide bonds. The first kappa shape index (κ1) is 18.0. The monoisotopic (exact) mass is 425 g/mol. The van der Waals surface area contributed by atoms with Crippen molar-refractivity contribution in [2.45, 2.75) is 0 Å². The Kier molecular flexibility index (Phi) is 5.18. The van der Waals surface area contributed by atoms with Crippen LogP contribution in [-0.4, -0.2) is 9.78 Å². The zero-order chi connectivity index (χ0) is 19.3. The van der Waals surface area contributed by atoms with Crippen LogP contribution in [0.4, 0.5) is 0 Å². The predicted octanol–water partition coefficient (Wildman–Crippen LogP) is 6.34. The summed E-state index contributed by atoms with van der Waals surface area (Å²) in [6.45, 7) is 0. The lowest BCUT2D eigenvalue weighted by Gasteiger charge is -2.04. The molecule has 1 heterocycles. The molecule has 0 fully saturated rings. The van der Waals surface area contributed by atoms with Crippen LogP contribution in [0.3, 0.4) is 0 Å². The number of aromatic nitrogens is 2. The van der Waals surface area contributed by atoms with E-state index in [1.54, 1.807) is 4.68 Å². The molecule has 0 spiro atoms. The fraction of sp³-hybridized carbons (Fsp3) is 0. The Morgan fingerprint density at radius 2 is 1.46 bits per heavy atom. The molecule has 4 rings (SSSR count). The molecule has 0 atom stereocenters. The van der Waals surface area contributed by atoms with Crippen molar-refractivity contribution in [1.82, 2.24) is 9.78 Å². The normalized spacial score (nSPS) is 10.9. The summed E-state index contributed by atoms with van der Waals surface area (Å²) in [6.07, 6.45) is 3.98. The average molecular weight is 426 g/mol. The molecule has 0 radical (unpaired) electrons. The topological polar surface area (TPSA) is 41.6 Å². The molecular formula is C24H16BrN3. The van der Waals surface area contributed by atoms with E-state index < -0.39 is 0 Å². The fourth-order valence-corrected chi connectivity index (χ4v) is 3.32. The van der Waals surface area contributed by atoms with Crippen LogP contribution in [0.15, 0.2) is 89.4 Å². The quantitative estimate of drug-likeness (QED) is 0.382. The highest BCUT2D eigenvalue weighted by Crippen LogP contribution is 2.31. The summed E-state index contributed by atoms with van der Waals surface area (Å²) in [6, 6.07) is 30.1. The molecule has 0 saturated heterocycles. The highest BCUT2D eigenvalue weighted by Gasteiger charge is 2.19. The van der Waals surface area contributed by atoms with Crippen molar-refractivity contribution in [1.29, 1.82) is 5.26 Å². The number of hydrogen-bond acceptors (Lipinski definition) is 2. The molecule has 1 aromatic heterocycles. The Morgan fingerprint density at radius 1 is 0.821 bits per heavy atom. The van der Waals surface area contributed by atoms with Crippen LogP contribution < -0.4 is 0 Å². The highest BCUT2D eigenvalue weighted by atomic mass is 79.9. The van der Waals surface area contributed by atoms with Crippen LogP contribution in [0.25, 0.3) is 29.0 Å². The summed E-state index contributed by atoms with van der Waals surface area (Å²) in [5, 5.41) is 14.7. The molecule has 3 aromatic carbocycles. The van der Waals surface area contributed by atoms with Gasteiger partial charge in [0.2, 0.25) is 0 Å². The van der Waals surface area contributed by atoms with Crippen molar-refractivity contribution in [3.8, 4) is 22.9 Å². The Hall–Kier alpha value is -3.42. The molecule has 0 N–H and O–H groups in total. The molecule has 0 aliphatic carbocycles. The van der Waals surface area contributed by atoms with Gasteiger partial charge in [0.1, 0.15) is 6.07 Å². The van der Waals surface area contributed by atoms with Gasteiger partial charge >= 0.3 is 0 Å². The van der Waals surface area contributed by atoms with E-state index in [1.165, 1.54) is 0 Å². The first-order valence-corrected chi connectivity index (χ1v) is 9.63. The first-order valence-electron chi connectivity index (χ1n) is 8.84. The minimum atomic E-state index is 0.515. The minimum absolute atomic E-state index is 0.515. The average Bonchev–Trinajstić information content (AvgIpc) is 3.13. The van der Waals surface area contributed by atoms with Crippen LogP contribution in [0.5, 0.6) is 0 Å². The second-order valence-electron chi connectivity index (χ2n) is 6.22. The molecule has 0 unspecified atom stereocenters. The minimum Gasteiger partial charge on any atom is -0.222 e. The van der Waals surface area contributed by atoms with Gasteiger partial charge in [-0.15, -0.1) is 0 Å². The largest absolute Gasteiger partial charge is 0.222 e. The Morgan fingerprint density at radius 3 is 2.11 bits per heavy atom. The van der Waals surface area contributed by atoms with Crippen molar-refractivity contribution in [2.75, 3.05) is 0 Å². The second kappa shape index (κ2) is 8.08. The number of nitriles is 1. The third-order valence-electron chi connectivity index (χ3n) is 4.39. The van der Waals surface area contributed by atoms with Crippen LogP contribution in [0.1, 0.15) is 17.0 Å². The fourth-order valence-electron chi connectivity index (χ4n) is 3.05. The maximum Gasteiger partial charge on any atom is 0.152 e. The maximum absolute atomic E-state index is 9.93. The van der Waals surface area contributed by atoms with Crippen LogP contribution in [0, 0.1) is 11.3 Å². The Labute approximate surface area is 172 Å². The van der Waals surface area contributed by atoms with E-state index >= 15 is 0 Å². The summed E-state index contributed by atoms with van der Waals surface area (Å²) < 4.78 is 2.70. The van der Waals surface area contributed by atoms with Crippen LogP contribution in [0.2, 0.25) is 0 Å². The molecule has 4 aromatic rings. The van der Waals surface area contributed by atoms with Gasteiger partial charge in [0, 0.05) is 10.0 Å². The Balaban J connectivity index is 1.91. The number of hydrogen-bond donors (Lipinski definition) is 0. The van der Waals surface area contributed by atoms with Crippen molar-refractivity contribution < 1.29 is 0 Å². The second-order valence-corrected chi connectivity index (χ2v) is 7.13. The SMILES string of the molecule is N#Cc1c(-c2ccc(Br)cc2)c(C=Cc2ccccc2)nn1-c1ccccc1. The van der Waals surface area contributed by atoms with Gasteiger partial charge in [-0.25, -0.2) is 4.68 Å². The van der Waals surface area contributed by atoms with Gasteiger partial charge in [0.25, 0.3) is 0 Å². The summed E-state index contributed by atoms with van der Waals surface area (Å²) in [7, 11) is 0. The third-order valence-corrected chi connectivity index (χ3v) is 4.91. The van der Waals surface area contributed by atoms with Gasteiger partial charge < -0.3 is 0 Å². The molecule has 0 saturated carbocycles. The highest BCUT2D eigenvalue weighted by molar-refractivity contribution is 9.10. The number of rotatable bonds is 4. The van der Waals surface area contributed by atoms with E-state index in [0.717, 1.165) is 32.5 Å². The van der Waals surface area contributed by atoms with E-state index in [2.05, 4.69) is 22.0 Å². The Bertz CT molecular complexity index is 1150. The zero-order valence-corrected chi connectivity index (χ0v) is 16.5. The number of benzene rings is 3. The molecule has 0 aliphatic heterocycles. The lowest BCUT2D eigenvalue weighted by Crippen LogP contribution is -1.99. The van der Waals surface area contributed by atoms with Crippen LogP contribution in [-0.2, 0) is 0 Å². The smallest absolute Gasteiger partial charge is 0.152 e. The van der Waals surface area contributed by atoms with Crippen molar-refractivity contribution in [2.24, 2.45) is 0 Å².